The van der Waals surface area contributed by atoms with Gasteiger partial charge in [-0.05, 0) is 86.1 Å². The van der Waals surface area contributed by atoms with E-state index in [-0.39, 0.29) is 17.6 Å². The van der Waals surface area contributed by atoms with Crippen LogP contribution in [0.4, 0.5) is 0 Å². The van der Waals surface area contributed by atoms with Gasteiger partial charge < -0.3 is 5.32 Å². The zero-order valence-electron chi connectivity index (χ0n) is 20.1. The fourth-order valence-electron chi connectivity index (χ4n) is 4.64. The summed E-state index contributed by atoms with van der Waals surface area (Å²) in [6.45, 7) is 6.06. The first-order valence-electron chi connectivity index (χ1n) is 12.2. The van der Waals surface area contributed by atoms with Crippen molar-refractivity contribution in [2.75, 3.05) is 0 Å². The molecule has 2 unspecified atom stereocenters. The highest BCUT2D eigenvalue weighted by Crippen LogP contribution is 2.32. The number of amides is 1. The van der Waals surface area contributed by atoms with Crippen LogP contribution in [0.1, 0.15) is 75.0 Å². The van der Waals surface area contributed by atoms with Crippen LogP contribution in [0.25, 0.3) is 0 Å². The van der Waals surface area contributed by atoms with E-state index in [0.717, 1.165) is 48.3 Å². The van der Waals surface area contributed by atoms with Crippen molar-refractivity contribution in [1.82, 2.24) is 5.32 Å². The molecule has 0 saturated heterocycles. The molecule has 1 aliphatic rings. The summed E-state index contributed by atoms with van der Waals surface area (Å²) in [6.07, 6.45) is 7.87. The zero-order valence-corrected chi connectivity index (χ0v) is 20.8. The number of hydrogen-bond acceptors (Lipinski definition) is 2. The van der Waals surface area contributed by atoms with Gasteiger partial charge in [0.05, 0.1) is 6.04 Å². The van der Waals surface area contributed by atoms with Gasteiger partial charge in [-0.3, -0.25) is 9.59 Å². The number of halogens is 1. The van der Waals surface area contributed by atoms with E-state index < -0.39 is 6.04 Å². The van der Waals surface area contributed by atoms with Crippen LogP contribution in [0.3, 0.4) is 0 Å². The maximum atomic E-state index is 13.4. The van der Waals surface area contributed by atoms with Crippen molar-refractivity contribution in [3.63, 3.8) is 0 Å². The highest BCUT2D eigenvalue weighted by atomic mass is 35.5. The third kappa shape index (κ3) is 7.57. The number of rotatable bonds is 8. The minimum absolute atomic E-state index is 0.0496. The Kier molecular flexibility index (Phi) is 9.31. The first kappa shape index (κ1) is 25.2. The molecule has 0 saturated carbocycles. The van der Waals surface area contributed by atoms with Gasteiger partial charge in [-0.15, -0.1) is 0 Å². The third-order valence-corrected chi connectivity index (χ3v) is 6.80. The lowest BCUT2D eigenvalue weighted by Crippen LogP contribution is -2.45. The second-order valence-corrected chi connectivity index (χ2v) is 10.0. The largest absolute Gasteiger partial charge is 0.346 e. The van der Waals surface area contributed by atoms with E-state index in [1.165, 1.54) is 11.1 Å². The number of allylic oxidation sites excluding steroid dienone is 1. The number of aryl methyl sites for hydroxylation is 2. The summed E-state index contributed by atoms with van der Waals surface area (Å²) in [5.41, 5.74) is 4.54. The molecule has 0 heterocycles. The van der Waals surface area contributed by atoms with E-state index in [4.69, 9.17) is 11.6 Å². The summed E-state index contributed by atoms with van der Waals surface area (Å²) in [6, 6.07) is 15.9. The second kappa shape index (κ2) is 12.2. The van der Waals surface area contributed by atoms with Gasteiger partial charge in [-0.1, -0.05) is 73.5 Å². The summed E-state index contributed by atoms with van der Waals surface area (Å²) in [7, 11) is 0. The third-order valence-electron chi connectivity index (χ3n) is 6.55. The van der Waals surface area contributed by atoms with Crippen molar-refractivity contribution in [3.05, 3.63) is 81.9 Å². The molecule has 3 nitrogen and oxygen atoms in total. The van der Waals surface area contributed by atoms with E-state index in [1.54, 1.807) is 0 Å². The first-order chi connectivity index (χ1) is 15.8. The molecular weight excluding hydrogens is 430 g/mol. The zero-order chi connectivity index (χ0) is 23.8. The Morgan fingerprint density at radius 1 is 1.09 bits per heavy atom. The molecule has 176 valence electrons. The summed E-state index contributed by atoms with van der Waals surface area (Å²) in [5.74, 6) is 0.572. The number of ketones is 1. The number of hydrogen-bond donors (Lipinski definition) is 1. The number of nitrogens with one attached hydrogen (secondary N) is 1. The molecule has 0 radical (unpaired) electrons. The molecule has 4 heteroatoms. The molecule has 0 spiro atoms. The lowest BCUT2D eigenvalue weighted by molar-refractivity contribution is -0.127. The van der Waals surface area contributed by atoms with Crippen LogP contribution in [-0.2, 0) is 16.0 Å². The van der Waals surface area contributed by atoms with Crippen molar-refractivity contribution in [2.24, 2.45) is 5.92 Å². The normalized spacial score (nSPS) is 17.6. The van der Waals surface area contributed by atoms with Crippen LogP contribution < -0.4 is 5.32 Å². The van der Waals surface area contributed by atoms with Crippen molar-refractivity contribution in [2.45, 2.75) is 77.7 Å². The predicted octanol–water partition coefficient (Wildman–Crippen LogP) is 6.97. The summed E-state index contributed by atoms with van der Waals surface area (Å²) >= 11 is 6.03. The van der Waals surface area contributed by atoms with Crippen LogP contribution in [0.5, 0.6) is 0 Å². The molecule has 1 aliphatic carbocycles. The molecule has 1 amide bonds. The Balaban J connectivity index is 1.58. The quantitative estimate of drug-likeness (QED) is 0.457. The predicted molar refractivity (Wildman–Crippen MR) is 137 cm³/mol. The summed E-state index contributed by atoms with van der Waals surface area (Å²) < 4.78 is 0. The van der Waals surface area contributed by atoms with Gasteiger partial charge in [0.2, 0.25) is 5.91 Å². The van der Waals surface area contributed by atoms with Gasteiger partial charge in [0.1, 0.15) is 0 Å². The number of carbonyl (C=O) groups excluding carboxylic acids is 2. The van der Waals surface area contributed by atoms with Crippen molar-refractivity contribution >= 4 is 23.3 Å². The maximum Gasteiger partial charge on any atom is 0.220 e. The molecule has 0 aromatic heterocycles. The molecule has 0 fully saturated rings. The van der Waals surface area contributed by atoms with Gasteiger partial charge in [0.15, 0.2) is 5.78 Å². The van der Waals surface area contributed by atoms with Gasteiger partial charge in [0.25, 0.3) is 0 Å². The lowest BCUT2D eigenvalue weighted by atomic mass is 9.84. The number of carbonyl (C=O) groups is 2. The van der Waals surface area contributed by atoms with E-state index in [2.05, 4.69) is 42.6 Å². The monoisotopic (exact) mass is 465 g/mol. The average Bonchev–Trinajstić information content (AvgIpc) is 2.76. The minimum atomic E-state index is -0.465. The Morgan fingerprint density at radius 2 is 1.85 bits per heavy atom. The first-order valence-corrected chi connectivity index (χ1v) is 12.5. The molecule has 0 bridgehead atoms. The highest BCUT2D eigenvalue weighted by Gasteiger charge is 2.27. The topological polar surface area (TPSA) is 46.2 Å². The van der Waals surface area contributed by atoms with Crippen molar-refractivity contribution in [3.8, 4) is 0 Å². The van der Waals surface area contributed by atoms with Gasteiger partial charge >= 0.3 is 0 Å². The minimum Gasteiger partial charge on any atom is -0.346 e. The Morgan fingerprint density at radius 3 is 2.55 bits per heavy atom. The maximum absolute atomic E-state index is 13.4. The second-order valence-electron chi connectivity index (χ2n) is 9.59. The molecule has 2 aromatic rings. The van der Waals surface area contributed by atoms with E-state index in [1.807, 2.05) is 38.1 Å². The molecule has 33 heavy (non-hydrogen) atoms. The summed E-state index contributed by atoms with van der Waals surface area (Å²) in [4.78, 5) is 26.0. The van der Waals surface area contributed by atoms with Crippen LogP contribution in [-0.4, -0.2) is 17.7 Å². The van der Waals surface area contributed by atoms with Gasteiger partial charge in [-0.25, -0.2) is 0 Å². The fourth-order valence-corrected chi connectivity index (χ4v) is 4.77. The Labute approximate surface area is 203 Å². The molecule has 2 atom stereocenters. The molecular formula is C29H36ClNO2. The van der Waals surface area contributed by atoms with Crippen molar-refractivity contribution in [1.29, 1.82) is 0 Å². The number of benzene rings is 2. The van der Waals surface area contributed by atoms with E-state index in [9.17, 15) is 9.59 Å². The van der Waals surface area contributed by atoms with Crippen LogP contribution in [0, 0.1) is 12.8 Å². The van der Waals surface area contributed by atoms with Crippen LogP contribution in [0.15, 0.2) is 60.2 Å². The van der Waals surface area contributed by atoms with Crippen LogP contribution in [0.2, 0.25) is 5.02 Å². The average molecular weight is 466 g/mol. The standard InChI is InChI=1S/C29H36ClNO2/c1-20(2)28(31-27(32)18-13-22-8-4-7-21(3)19-22)29(33)25-11-5-9-23(10-6-12-25)24-14-16-26(30)17-15-24/h4,7-8,11,14-17,19-20,23,28H,5-6,9-10,12-13,18H2,1-3H3,(H,31,32). The SMILES string of the molecule is Cc1cccc(CCC(=O)NC(C(=O)C2=CCCC(c3ccc(Cl)cc3)CCC2)C(C)C)c1. The molecule has 0 aliphatic heterocycles. The fraction of sp³-hybridized carbons (Fsp3) is 0.448. The van der Waals surface area contributed by atoms with E-state index in [0.29, 0.717) is 18.8 Å². The van der Waals surface area contributed by atoms with Gasteiger partial charge in [-0.2, -0.15) is 0 Å². The Bertz CT molecular complexity index is 977. The molecule has 2 aromatic carbocycles. The van der Waals surface area contributed by atoms with Crippen molar-refractivity contribution < 1.29 is 9.59 Å². The molecule has 3 rings (SSSR count). The van der Waals surface area contributed by atoms with Crippen LogP contribution >= 0.6 is 11.6 Å². The molecule has 1 N–H and O–H groups in total. The Hall–Kier alpha value is -2.39. The lowest BCUT2D eigenvalue weighted by Gasteiger charge is -2.25. The van der Waals surface area contributed by atoms with Gasteiger partial charge in [0, 0.05) is 11.4 Å². The number of Topliss-reactive ketones (excluding diaryl/α,β-unsaturated/α-hetero) is 1. The highest BCUT2D eigenvalue weighted by molar-refractivity contribution is 6.30. The smallest absolute Gasteiger partial charge is 0.220 e. The summed E-state index contributed by atoms with van der Waals surface area (Å²) in [5, 5.41) is 3.79. The van der Waals surface area contributed by atoms with E-state index >= 15 is 0 Å².